The van der Waals surface area contributed by atoms with Crippen molar-refractivity contribution in [2.75, 3.05) is 6.61 Å². The lowest BCUT2D eigenvalue weighted by atomic mass is 10.0. The number of hydrogen-bond acceptors (Lipinski definition) is 6. The number of hydrogen-bond donors (Lipinski definition) is 6. The van der Waals surface area contributed by atoms with Crippen LogP contribution in [-0.4, -0.2) is 61.7 Å². The second-order valence-corrected chi connectivity index (χ2v) is 3.56. The number of aliphatic hydroxyl groups excluding tert-OH is 6. The molecule has 6 N–H and O–H groups in total. The molecule has 90 valence electrons. The molecule has 0 fully saturated rings. The Morgan fingerprint density at radius 3 is 1.80 bits per heavy atom. The van der Waals surface area contributed by atoms with Gasteiger partial charge in [-0.05, 0) is 19.4 Å². The molecule has 15 heavy (non-hydrogen) atoms. The van der Waals surface area contributed by atoms with Crippen LogP contribution in [0.5, 0.6) is 0 Å². The van der Waals surface area contributed by atoms with Gasteiger partial charge in [0.25, 0.3) is 0 Å². The van der Waals surface area contributed by atoms with E-state index in [1.807, 2.05) is 0 Å². The van der Waals surface area contributed by atoms with Crippen molar-refractivity contribution in [1.29, 1.82) is 0 Å². The van der Waals surface area contributed by atoms with Crippen LogP contribution in [-0.2, 0) is 0 Å². The Morgan fingerprint density at radius 1 is 1.00 bits per heavy atom. The third kappa shape index (κ3) is 3.77. The van der Waals surface area contributed by atoms with E-state index in [0.29, 0.717) is 5.57 Å². The lowest BCUT2D eigenvalue weighted by Gasteiger charge is -2.25. The molecule has 0 heterocycles. The van der Waals surface area contributed by atoms with Crippen molar-refractivity contribution in [3.8, 4) is 0 Å². The molecule has 4 atom stereocenters. The van der Waals surface area contributed by atoms with E-state index >= 15 is 0 Å². The molecule has 0 unspecified atom stereocenters. The zero-order valence-electron chi connectivity index (χ0n) is 8.70. The molecule has 6 nitrogen and oxygen atoms in total. The van der Waals surface area contributed by atoms with Crippen LogP contribution in [0.25, 0.3) is 0 Å². The third-order valence-electron chi connectivity index (χ3n) is 2.05. The zero-order valence-corrected chi connectivity index (χ0v) is 8.70. The van der Waals surface area contributed by atoms with Gasteiger partial charge in [0.15, 0.2) is 0 Å². The molecule has 0 saturated carbocycles. The number of aliphatic hydroxyl groups is 6. The predicted octanol–water partition coefficient (Wildman–Crippen LogP) is -1.73. The van der Waals surface area contributed by atoms with E-state index in [-0.39, 0.29) is 0 Å². The molecule has 0 radical (unpaired) electrons. The monoisotopic (exact) mass is 222 g/mol. The van der Waals surface area contributed by atoms with Gasteiger partial charge in [0.05, 0.1) is 6.61 Å². The summed E-state index contributed by atoms with van der Waals surface area (Å²) in [5.74, 6) is -0.466. The van der Waals surface area contributed by atoms with Gasteiger partial charge in [-0.3, -0.25) is 0 Å². The third-order valence-corrected chi connectivity index (χ3v) is 2.05. The van der Waals surface area contributed by atoms with E-state index in [1.165, 1.54) is 13.8 Å². The summed E-state index contributed by atoms with van der Waals surface area (Å²) < 4.78 is 0. The average Bonchev–Trinajstić information content (AvgIpc) is 2.23. The molecule has 0 saturated heterocycles. The van der Waals surface area contributed by atoms with E-state index in [1.54, 1.807) is 0 Å². The Balaban J connectivity index is 4.58. The second-order valence-electron chi connectivity index (χ2n) is 3.56. The number of rotatable bonds is 5. The van der Waals surface area contributed by atoms with Crippen LogP contribution in [0.4, 0.5) is 0 Å². The maximum Gasteiger partial charge on any atom is 0.139 e. The Labute approximate surface area is 87.7 Å². The Bertz CT molecular complexity index is 223. The van der Waals surface area contributed by atoms with Crippen LogP contribution in [0, 0.1) is 0 Å². The highest BCUT2D eigenvalue weighted by Crippen LogP contribution is 2.13. The molecular weight excluding hydrogens is 204 g/mol. The highest BCUT2D eigenvalue weighted by atomic mass is 16.4. The summed E-state index contributed by atoms with van der Waals surface area (Å²) in [6, 6.07) is 0. The highest BCUT2D eigenvalue weighted by molar-refractivity contribution is 5.09. The van der Waals surface area contributed by atoms with E-state index in [9.17, 15) is 20.4 Å². The van der Waals surface area contributed by atoms with Crippen molar-refractivity contribution in [2.45, 2.75) is 38.3 Å². The maximum absolute atomic E-state index is 9.36. The van der Waals surface area contributed by atoms with E-state index in [0.717, 1.165) is 0 Å². The summed E-state index contributed by atoms with van der Waals surface area (Å²) in [5.41, 5.74) is 0.382. The minimum Gasteiger partial charge on any atom is -0.510 e. The van der Waals surface area contributed by atoms with Crippen molar-refractivity contribution in [3.05, 3.63) is 11.3 Å². The summed E-state index contributed by atoms with van der Waals surface area (Å²) in [6.45, 7) is 2.28. The maximum atomic E-state index is 9.36. The zero-order chi connectivity index (χ0) is 12.2. The Hall–Kier alpha value is -0.660. The van der Waals surface area contributed by atoms with Crippen molar-refractivity contribution < 1.29 is 30.6 Å². The van der Waals surface area contributed by atoms with Crippen molar-refractivity contribution in [3.63, 3.8) is 0 Å². The van der Waals surface area contributed by atoms with Gasteiger partial charge in [-0.1, -0.05) is 0 Å². The molecule has 0 spiro atoms. The fraction of sp³-hybridized carbons (Fsp3) is 0.778. The predicted molar refractivity (Wildman–Crippen MR) is 52.1 cm³/mol. The molecule has 0 aliphatic heterocycles. The largest absolute Gasteiger partial charge is 0.510 e. The first-order chi connectivity index (χ1) is 6.82. The van der Waals surface area contributed by atoms with Crippen LogP contribution >= 0.6 is 0 Å². The Morgan fingerprint density at radius 2 is 1.47 bits per heavy atom. The number of allylic oxidation sites excluding steroid dienone is 1. The molecule has 0 bridgehead atoms. The Kier molecular flexibility index (Phi) is 5.77. The quantitative estimate of drug-likeness (QED) is 0.308. The van der Waals surface area contributed by atoms with E-state index in [4.69, 9.17) is 10.2 Å². The molecule has 0 aromatic rings. The van der Waals surface area contributed by atoms with Crippen LogP contribution in [0.2, 0.25) is 0 Å². The van der Waals surface area contributed by atoms with Crippen molar-refractivity contribution in [1.82, 2.24) is 0 Å². The second kappa shape index (κ2) is 6.04. The summed E-state index contributed by atoms with van der Waals surface area (Å²) in [5, 5.41) is 54.7. The van der Waals surface area contributed by atoms with Gasteiger partial charge in [-0.15, -0.1) is 0 Å². The smallest absolute Gasteiger partial charge is 0.139 e. The topological polar surface area (TPSA) is 121 Å². The lowest BCUT2D eigenvalue weighted by Crippen LogP contribution is -2.46. The van der Waals surface area contributed by atoms with E-state index in [2.05, 4.69) is 0 Å². The molecule has 0 aromatic carbocycles. The van der Waals surface area contributed by atoms with Crippen LogP contribution < -0.4 is 0 Å². The lowest BCUT2D eigenvalue weighted by molar-refractivity contribution is -0.113. The molecular formula is C9H18O6. The van der Waals surface area contributed by atoms with Gasteiger partial charge in [0.2, 0.25) is 0 Å². The molecule has 0 aliphatic carbocycles. The van der Waals surface area contributed by atoms with Gasteiger partial charge in [-0.2, -0.15) is 0 Å². The normalized spacial score (nSPS) is 19.1. The van der Waals surface area contributed by atoms with Crippen molar-refractivity contribution in [2.24, 2.45) is 0 Å². The molecule has 0 rings (SSSR count). The molecule has 0 aliphatic rings. The molecule has 0 amide bonds. The highest BCUT2D eigenvalue weighted by Gasteiger charge is 2.32. The SMILES string of the molecule is CC(C)=C(O)[C@@H](O)[C@H](O)[C@H](O)[C@H](O)CO. The summed E-state index contributed by atoms with van der Waals surface area (Å²) >= 11 is 0. The first kappa shape index (κ1) is 14.3. The summed E-state index contributed by atoms with van der Waals surface area (Å²) in [4.78, 5) is 0. The van der Waals surface area contributed by atoms with E-state index < -0.39 is 36.8 Å². The van der Waals surface area contributed by atoms with Gasteiger partial charge in [-0.25, -0.2) is 0 Å². The van der Waals surface area contributed by atoms with Crippen LogP contribution in [0.1, 0.15) is 13.8 Å². The fourth-order valence-corrected chi connectivity index (χ4v) is 0.980. The fourth-order valence-electron chi connectivity index (χ4n) is 0.980. The van der Waals surface area contributed by atoms with Gasteiger partial charge < -0.3 is 30.6 Å². The van der Waals surface area contributed by atoms with Gasteiger partial charge in [0.1, 0.15) is 30.2 Å². The average molecular weight is 222 g/mol. The summed E-state index contributed by atoms with van der Waals surface area (Å²) in [6.07, 6.45) is -6.75. The first-order valence-corrected chi connectivity index (χ1v) is 4.52. The first-order valence-electron chi connectivity index (χ1n) is 4.52. The minimum absolute atomic E-state index is 0.382. The van der Waals surface area contributed by atoms with Gasteiger partial charge in [0, 0.05) is 0 Å². The summed E-state index contributed by atoms with van der Waals surface area (Å²) in [7, 11) is 0. The molecule has 6 heteroatoms. The standard InChI is InChI=1S/C9H18O6/c1-4(2)6(12)8(14)9(15)7(13)5(11)3-10/h5,7-15H,3H2,1-2H3/t5-,7-,8-,9-/m1/s1. The van der Waals surface area contributed by atoms with Crippen LogP contribution in [0.3, 0.4) is 0 Å². The van der Waals surface area contributed by atoms with Gasteiger partial charge >= 0.3 is 0 Å². The van der Waals surface area contributed by atoms with Crippen LogP contribution in [0.15, 0.2) is 11.3 Å². The van der Waals surface area contributed by atoms with Crippen molar-refractivity contribution >= 4 is 0 Å². The minimum atomic E-state index is -1.76. The molecule has 0 aromatic heterocycles.